The van der Waals surface area contributed by atoms with Gasteiger partial charge in [-0.25, -0.2) is 0 Å². The van der Waals surface area contributed by atoms with E-state index in [1.807, 2.05) is 12.1 Å². The van der Waals surface area contributed by atoms with Crippen LogP contribution < -0.4 is 11.1 Å². The maximum absolute atomic E-state index is 11.8. The minimum Gasteiger partial charge on any atom is -0.380 e. The molecule has 0 spiro atoms. The van der Waals surface area contributed by atoms with Gasteiger partial charge in [0.1, 0.15) is 0 Å². The first-order valence-corrected chi connectivity index (χ1v) is 6.15. The fourth-order valence-electron chi connectivity index (χ4n) is 1.41. The molecular formula is C13H15BrN2O2. The molecule has 4 nitrogen and oxygen atoms in total. The molecule has 1 aromatic carbocycles. The molecule has 0 fully saturated rings. The van der Waals surface area contributed by atoms with E-state index in [0.717, 1.165) is 10.0 Å². The van der Waals surface area contributed by atoms with Crippen LogP contribution in [0.25, 0.3) is 0 Å². The maximum atomic E-state index is 11.8. The number of hydrogen-bond acceptors (Lipinski definition) is 3. The first kappa shape index (κ1) is 14.7. The molecule has 0 aliphatic carbocycles. The highest BCUT2D eigenvalue weighted by Gasteiger charge is 2.15. The van der Waals surface area contributed by atoms with Crippen molar-refractivity contribution in [1.82, 2.24) is 0 Å². The lowest BCUT2D eigenvalue weighted by atomic mass is 10.1. The molecule has 0 bridgehead atoms. The molecule has 5 heteroatoms. The van der Waals surface area contributed by atoms with E-state index in [9.17, 15) is 4.79 Å². The van der Waals surface area contributed by atoms with Crippen LogP contribution in [0.4, 0.5) is 5.69 Å². The number of anilines is 1. The molecule has 1 amide bonds. The number of benzene rings is 1. The van der Waals surface area contributed by atoms with E-state index < -0.39 is 6.04 Å². The van der Waals surface area contributed by atoms with Gasteiger partial charge in [-0.05, 0) is 12.1 Å². The lowest BCUT2D eigenvalue weighted by Gasteiger charge is -2.14. The third-order valence-corrected chi connectivity index (χ3v) is 3.08. The number of carbonyl (C=O) groups is 1. The number of carbonyl (C=O) groups excluding carboxylic acids is 1. The molecule has 0 saturated carbocycles. The smallest absolute Gasteiger partial charge is 0.242 e. The van der Waals surface area contributed by atoms with Gasteiger partial charge in [0, 0.05) is 29.3 Å². The molecule has 3 N–H and O–H groups in total. The predicted octanol–water partition coefficient (Wildman–Crippen LogP) is 1.88. The van der Waals surface area contributed by atoms with Gasteiger partial charge in [-0.15, -0.1) is 12.3 Å². The van der Waals surface area contributed by atoms with E-state index in [2.05, 4.69) is 27.2 Å². The number of hydrogen-bond donors (Lipinski definition) is 2. The first-order valence-electron chi connectivity index (χ1n) is 5.36. The second-order valence-corrected chi connectivity index (χ2v) is 4.56. The molecular weight excluding hydrogens is 296 g/mol. The van der Waals surface area contributed by atoms with Crippen LogP contribution in [0.15, 0.2) is 22.7 Å². The highest BCUT2D eigenvalue weighted by Crippen LogP contribution is 2.25. The van der Waals surface area contributed by atoms with Crippen LogP contribution in [0.1, 0.15) is 12.0 Å². The van der Waals surface area contributed by atoms with Crippen molar-refractivity contribution < 1.29 is 9.53 Å². The molecule has 1 rings (SSSR count). The van der Waals surface area contributed by atoms with Crippen LogP contribution in [0.5, 0.6) is 0 Å². The van der Waals surface area contributed by atoms with Crippen LogP contribution >= 0.6 is 15.9 Å². The number of amides is 1. The number of halogens is 1. The zero-order chi connectivity index (χ0) is 13.5. The van der Waals surface area contributed by atoms with Gasteiger partial charge in [-0.1, -0.05) is 22.0 Å². The van der Waals surface area contributed by atoms with E-state index in [-0.39, 0.29) is 12.3 Å². The second kappa shape index (κ2) is 7.17. The van der Waals surface area contributed by atoms with Crippen molar-refractivity contribution in [3.8, 4) is 12.3 Å². The lowest BCUT2D eigenvalue weighted by Crippen LogP contribution is -2.35. The zero-order valence-corrected chi connectivity index (χ0v) is 11.7. The summed E-state index contributed by atoms with van der Waals surface area (Å²) in [5.41, 5.74) is 7.17. The normalized spacial score (nSPS) is 11.7. The molecule has 1 aromatic rings. The summed E-state index contributed by atoms with van der Waals surface area (Å²) in [6.07, 6.45) is 5.33. The standard InChI is InChI=1S/C13H15BrN2O2/c1-3-5-11(15)13(17)16-12-7-4-6-10(14)9(12)8-18-2/h1,4,6-7,11H,5,8,15H2,2H3,(H,16,17). The number of rotatable bonds is 5. The fraction of sp³-hybridized carbons (Fsp3) is 0.308. The Labute approximate surface area is 115 Å². The Kier molecular flexibility index (Phi) is 5.86. The number of methoxy groups -OCH3 is 1. The quantitative estimate of drug-likeness (QED) is 0.816. The highest BCUT2D eigenvalue weighted by molar-refractivity contribution is 9.10. The molecule has 0 aliphatic rings. The molecule has 0 radical (unpaired) electrons. The molecule has 1 atom stereocenters. The van der Waals surface area contributed by atoms with E-state index in [1.165, 1.54) is 0 Å². The minimum absolute atomic E-state index is 0.208. The van der Waals surface area contributed by atoms with Crippen molar-refractivity contribution in [1.29, 1.82) is 0 Å². The first-order chi connectivity index (χ1) is 8.60. The summed E-state index contributed by atoms with van der Waals surface area (Å²) in [5.74, 6) is 2.06. The number of nitrogens with two attached hydrogens (primary N) is 1. The fourth-order valence-corrected chi connectivity index (χ4v) is 1.89. The van der Waals surface area contributed by atoms with Crippen LogP contribution in [-0.4, -0.2) is 19.1 Å². The van der Waals surface area contributed by atoms with Crippen molar-refractivity contribution in [3.63, 3.8) is 0 Å². The third-order valence-electron chi connectivity index (χ3n) is 2.34. The van der Waals surface area contributed by atoms with Gasteiger partial charge < -0.3 is 15.8 Å². The average molecular weight is 311 g/mol. The summed E-state index contributed by atoms with van der Waals surface area (Å²) < 4.78 is 5.96. The van der Waals surface area contributed by atoms with E-state index in [1.54, 1.807) is 13.2 Å². The molecule has 96 valence electrons. The Balaban J connectivity index is 2.87. The monoisotopic (exact) mass is 310 g/mol. The summed E-state index contributed by atoms with van der Waals surface area (Å²) in [7, 11) is 1.59. The topological polar surface area (TPSA) is 64.4 Å². The Hall–Kier alpha value is -1.35. The number of ether oxygens (including phenoxy) is 1. The van der Waals surface area contributed by atoms with Crippen molar-refractivity contribution in [3.05, 3.63) is 28.2 Å². The molecule has 0 aliphatic heterocycles. The van der Waals surface area contributed by atoms with Gasteiger partial charge in [0.15, 0.2) is 0 Å². The van der Waals surface area contributed by atoms with Crippen molar-refractivity contribution >= 4 is 27.5 Å². The van der Waals surface area contributed by atoms with Gasteiger partial charge in [0.25, 0.3) is 0 Å². The van der Waals surface area contributed by atoms with Crippen molar-refractivity contribution in [2.75, 3.05) is 12.4 Å². The van der Waals surface area contributed by atoms with Crippen molar-refractivity contribution in [2.45, 2.75) is 19.1 Å². The SMILES string of the molecule is C#CCC(N)C(=O)Nc1cccc(Br)c1COC. The number of nitrogens with one attached hydrogen (secondary N) is 1. The molecule has 18 heavy (non-hydrogen) atoms. The molecule has 0 heterocycles. The van der Waals surface area contributed by atoms with Gasteiger partial charge >= 0.3 is 0 Å². The van der Waals surface area contributed by atoms with Gasteiger partial charge in [-0.2, -0.15) is 0 Å². The van der Waals surface area contributed by atoms with Crippen LogP contribution in [0.2, 0.25) is 0 Å². The summed E-state index contributed by atoms with van der Waals surface area (Å²) in [6.45, 7) is 0.390. The largest absolute Gasteiger partial charge is 0.380 e. The Bertz CT molecular complexity index is 469. The van der Waals surface area contributed by atoms with Gasteiger partial charge in [0.2, 0.25) is 5.91 Å². The highest BCUT2D eigenvalue weighted by atomic mass is 79.9. The van der Waals surface area contributed by atoms with Gasteiger partial charge in [0.05, 0.1) is 12.6 Å². The minimum atomic E-state index is -0.704. The van der Waals surface area contributed by atoms with Crippen molar-refractivity contribution in [2.24, 2.45) is 5.73 Å². The van der Waals surface area contributed by atoms with Crippen LogP contribution in [0, 0.1) is 12.3 Å². The second-order valence-electron chi connectivity index (χ2n) is 3.70. The maximum Gasteiger partial charge on any atom is 0.242 e. The Morgan fingerprint density at radius 3 is 3.00 bits per heavy atom. The average Bonchev–Trinajstić information content (AvgIpc) is 2.34. The predicted molar refractivity (Wildman–Crippen MR) is 74.9 cm³/mol. The third kappa shape index (κ3) is 3.84. The van der Waals surface area contributed by atoms with E-state index >= 15 is 0 Å². The Morgan fingerprint density at radius 2 is 2.39 bits per heavy atom. The molecule has 1 unspecified atom stereocenters. The number of terminal acetylenes is 1. The molecule has 0 aromatic heterocycles. The summed E-state index contributed by atoms with van der Waals surface area (Å²) in [4.78, 5) is 11.8. The van der Waals surface area contributed by atoms with E-state index in [0.29, 0.717) is 12.3 Å². The summed E-state index contributed by atoms with van der Waals surface area (Å²) >= 11 is 3.41. The summed E-state index contributed by atoms with van der Waals surface area (Å²) in [5, 5.41) is 2.75. The van der Waals surface area contributed by atoms with Crippen LogP contribution in [-0.2, 0) is 16.1 Å². The lowest BCUT2D eigenvalue weighted by molar-refractivity contribution is -0.117. The zero-order valence-electron chi connectivity index (χ0n) is 10.1. The Morgan fingerprint density at radius 1 is 1.67 bits per heavy atom. The molecule has 0 saturated heterocycles. The van der Waals surface area contributed by atoms with Crippen LogP contribution in [0.3, 0.4) is 0 Å². The van der Waals surface area contributed by atoms with Gasteiger partial charge in [-0.3, -0.25) is 4.79 Å². The summed E-state index contributed by atoms with van der Waals surface area (Å²) in [6, 6.07) is 4.79. The van der Waals surface area contributed by atoms with E-state index in [4.69, 9.17) is 16.9 Å².